The highest BCUT2D eigenvalue weighted by Gasteiger charge is 2.36. The van der Waals surface area contributed by atoms with Gasteiger partial charge in [0.05, 0.1) is 6.20 Å². The number of rotatable bonds is 4. The molecule has 0 radical (unpaired) electrons. The SMILES string of the molecule is O=C(O)C1CCCCN1S(=O)(=O)Nc1cnns1. The van der Waals surface area contributed by atoms with Gasteiger partial charge in [0.1, 0.15) is 11.0 Å². The molecule has 2 heterocycles. The second-order valence-electron chi connectivity index (χ2n) is 3.85. The van der Waals surface area contributed by atoms with Crippen molar-refractivity contribution in [3.05, 3.63) is 6.20 Å². The molecule has 100 valence electrons. The van der Waals surface area contributed by atoms with Crippen molar-refractivity contribution in [2.75, 3.05) is 11.3 Å². The van der Waals surface area contributed by atoms with Crippen LogP contribution in [0.15, 0.2) is 6.20 Å². The molecular formula is C8H12N4O4S2. The van der Waals surface area contributed by atoms with Crippen molar-refractivity contribution >= 4 is 32.7 Å². The first-order valence-electron chi connectivity index (χ1n) is 5.30. The van der Waals surface area contributed by atoms with Gasteiger partial charge in [0, 0.05) is 18.1 Å². The topological polar surface area (TPSA) is 112 Å². The van der Waals surface area contributed by atoms with E-state index >= 15 is 0 Å². The summed E-state index contributed by atoms with van der Waals surface area (Å²) < 4.78 is 30.9. The summed E-state index contributed by atoms with van der Waals surface area (Å²) in [5.41, 5.74) is 0. The van der Waals surface area contributed by atoms with Crippen molar-refractivity contribution in [2.24, 2.45) is 0 Å². The van der Waals surface area contributed by atoms with E-state index in [0.29, 0.717) is 19.3 Å². The summed E-state index contributed by atoms with van der Waals surface area (Å²) in [4.78, 5) is 11.1. The van der Waals surface area contributed by atoms with Crippen LogP contribution in [0.1, 0.15) is 19.3 Å². The number of nitrogens with zero attached hydrogens (tertiary/aromatic N) is 3. The van der Waals surface area contributed by atoms with E-state index in [1.807, 2.05) is 0 Å². The Morgan fingerprint density at radius 3 is 2.94 bits per heavy atom. The van der Waals surface area contributed by atoms with E-state index in [0.717, 1.165) is 15.8 Å². The van der Waals surface area contributed by atoms with Gasteiger partial charge < -0.3 is 5.11 Å². The molecular weight excluding hydrogens is 280 g/mol. The summed E-state index contributed by atoms with van der Waals surface area (Å²) >= 11 is 0.898. The summed E-state index contributed by atoms with van der Waals surface area (Å²) in [6, 6.07) is -1.00. The number of carbonyl (C=O) groups is 1. The predicted molar refractivity (Wildman–Crippen MR) is 64.4 cm³/mol. The van der Waals surface area contributed by atoms with E-state index in [4.69, 9.17) is 5.11 Å². The Hall–Kier alpha value is -1.26. The average molecular weight is 292 g/mol. The number of hydrogen-bond acceptors (Lipinski definition) is 6. The highest BCUT2D eigenvalue weighted by Crippen LogP contribution is 2.22. The lowest BCUT2D eigenvalue weighted by Gasteiger charge is -2.31. The molecule has 1 fully saturated rings. The van der Waals surface area contributed by atoms with Crippen LogP contribution in [0.3, 0.4) is 0 Å². The molecule has 0 aliphatic carbocycles. The smallest absolute Gasteiger partial charge is 0.322 e. The molecule has 0 spiro atoms. The molecule has 8 nitrogen and oxygen atoms in total. The zero-order valence-electron chi connectivity index (χ0n) is 9.31. The standard InChI is InChI=1S/C8H12N4O4S2/c13-8(14)6-3-1-2-4-12(6)18(15,16)10-7-5-9-11-17-7/h5-6,10H,1-4H2,(H,13,14). The van der Waals surface area contributed by atoms with Gasteiger partial charge in [0.15, 0.2) is 0 Å². The van der Waals surface area contributed by atoms with Crippen molar-refractivity contribution < 1.29 is 18.3 Å². The molecule has 10 heteroatoms. The first-order chi connectivity index (χ1) is 8.50. The minimum Gasteiger partial charge on any atom is -0.480 e. The maximum absolute atomic E-state index is 12.1. The van der Waals surface area contributed by atoms with Gasteiger partial charge >= 0.3 is 16.2 Å². The molecule has 2 N–H and O–H groups in total. The summed E-state index contributed by atoms with van der Waals surface area (Å²) in [6.07, 6.45) is 2.98. The normalized spacial score (nSPS) is 21.7. The highest BCUT2D eigenvalue weighted by molar-refractivity contribution is 7.90. The fourth-order valence-electron chi connectivity index (χ4n) is 1.84. The molecule has 18 heavy (non-hydrogen) atoms. The molecule has 2 rings (SSSR count). The number of aromatic nitrogens is 2. The highest BCUT2D eigenvalue weighted by atomic mass is 32.2. The van der Waals surface area contributed by atoms with Crippen molar-refractivity contribution in [3.8, 4) is 0 Å². The lowest BCUT2D eigenvalue weighted by molar-refractivity contribution is -0.142. The summed E-state index contributed by atoms with van der Waals surface area (Å²) in [5, 5.41) is 12.8. The van der Waals surface area contributed by atoms with Gasteiger partial charge in [-0.1, -0.05) is 4.49 Å². The van der Waals surface area contributed by atoms with Gasteiger partial charge in [-0.25, -0.2) is 0 Å². The van der Waals surface area contributed by atoms with E-state index in [2.05, 4.69) is 14.3 Å². The van der Waals surface area contributed by atoms with Gasteiger partial charge in [-0.05, 0) is 19.3 Å². The minimum atomic E-state index is -3.87. The third-order valence-corrected chi connectivity index (χ3v) is 4.88. The maximum Gasteiger partial charge on any atom is 0.322 e. The van der Waals surface area contributed by atoms with E-state index < -0.39 is 22.2 Å². The monoisotopic (exact) mass is 292 g/mol. The van der Waals surface area contributed by atoms with Crippen molar-refractivity contribution in [1.29, 1.82) is 0 Å². The van der Waals surface area contributed by atoms with Crippen molar-refractivity contribution in [3.63, 3.8) is 0 Å². The van der Waals surface area contributed by atoms with Crippen LogP contribution in [0.2, 0.25) is 0 Å². The predicted octanol–water partition coefficient (Wildman–Crippen LogP) is 0.134. The quantitative estimate of drug-likeness (QED) is 0.816. The zero-order chi connectivity index (χ0) is 13.2. The van der Waals surface area contributed by atoms with Crippen LogP contribution in [0.5, 0.6) is 0 Å². The molecule has 1 atom stereocenters. The second-order valence-corrected chi connectivity index (χ2v) is 6.26. The van der Waals surface area contributed by atoms with Crippen LogP contribution >= 0.6 is 11.5 Å². The Balaban J connectivity index is 2.19. The van der Waals surface area contributed by atoms with Gasteiger partial charge in [0.25, 0.3) is 0 Å². The van der Waals surface area contributed by atoms with Crippen molar-refractivity contribution in [1.82, 2.24) is 13.9 Å². The summed E-state index contributed by atoms with van der Waals surface area (Å²) in [6.45, 7) is 0.207. The van der Waals surface area contributed by atoms with E-state index in [9.17, 15) is 13.2 Å². The molecule has 0 bridgehead atoms. The van der Waals surface area contributed by atoms with Gasteiger partial charge in [-0.3, -0.25) is 9.52 Å². The Morgan fingerprint density at radius 1 is 1.56 bits per heavy atom. The number of hydrogen-bond donors (Lipinski definition) is 2. The van der Waals surface area contributed by atoms with Gasteiger partial charge in [0.2, 0.25) is 0 Å². The number of anilines is 1. The van der Waals surface area contributed by atoms with Crippen LogP contribution in [-0.4, -0.2) is 46.0 Å². The molecule has 0 saturated carbocycles. The third-order valence-electron chi connectivity index (χ3n) is 2.64. The number of carboxylic acid groups (broad SMARTS) is 1. The van der Waals surface area contributed by atoms with Crippen LogP contribution in [0.25, 0.3) is 0 Å². The minimum absolute atomic E-state index is 0.207. The Labute approximate surface area is 108 Å². The number of piperidine rings is 1. The van der Waals surface area contributed by atoms with Gasteiger partial charge in [-0.15, -0.1) is 5.10 Å². The molecule has 0 aromatic carbocycles. The van der Waals surface area contributed by atoms with Crippen molar-refractivity contribution in [2.45, 2.75) is 25.3 Å². The average Bonchev–Trinajstić information content (AvgIpc) is 2.81. The van der Waals surface area contributed by atoms with E-state index in [1.54, 1.807) is 0 Å². The zero-order valence-corrected chi connectivity index (χ0v) is 10.9. The largest absolute Gasteiger partial charge is 0.480 e. The molecule has 1 aliphatic rings. The maximum atomic E-state index is 12.1. The Kier molecular flexibility index (Phi) is 3.78. The number of carboxylic acids is 1. The molecule has 1 aliphatic heterocycles. The second kappa shape index (κ2) is 5.16. The van der Waals surface area contributed by atoms with Gasteiger partial charge in [-0.2, -0.15) is 12.7 Å². The Morgan fingerprint density at radius 2 is 2.33 bits per heavy atom. The van der Waals surface area contributed by atoms with Crippen LogP contribution < -0.4 is 4.72 Å². The molecule has 1 aromatic rings. The molecule has 0 amide bonds. The molecule has 1 unspecified atom stereocenters. The van der Waals surface area contributed by atoms with E-state index in [-0.39, 0.29) is 11.5 Å². The van der Waals surface area contributed by atoms with Crippen LogP contribution in [0, 0.1) is 0 Å². The van der Waals surface area contributed by atoms with Crippen LogP contribution in [0.4, 0.5) is 5.00 Å². The summed E-state index contributed by atoms with van der Waals surface area (Å²) in [5.74, 6) is -1.12. The first-order valence-corrected chi connectivity index (χ1v) is 7.52. The lowest BCUT2D eigenvalue weighted by Crippen LogP contribution is -2.49. The fourth-order valence-corrected chi connectivity index (χ4v) is 3.90. The fraction of sp³-hybridized carbons (Fsp3) is 0.625. The molecule has 1 saturated heterocycles. The Bertz CT molecular complexity index is 515. The van der Waals surface area contributed by atoms with Crippen LogP contribution in [-0.2, 0) is 15.0 Å². The van der Waals surface area contributed by atoms with E-state index in [1.165, 1.54) is 6.20 Å². The lowest BCUT2D eigenvalue weighted by atomic mass is 10.1. The third kappa shape index (κ3) is 2.76. The first kappa shape index (κ1) is 13.2. The number of nitrogens with one attached hydrogen (secondary N) is 1. The molecule has 1 aromatic heterocycles. The summed E-state index contributed by atoms with van der Waals surface area (Å²) in [7, 11) is -3.87. The number of aliphatic carboxylic acids is 1.